The molecule has 1 aliphatic heterocycles. The molecule has 0 radical (unpaired) electrons. The lowest BCUT2D eigenvalue weighted by Crippen LogP contribution is -2.08. The van der Waals surface area contributed by atoms with E-state index >= 15 is 0 Å². The first-order valence-corrected chi connectivity index (χ1v) is 4.19. The Labute approximate surface area is 80.3 Å². The van der Waals surface area contributed by atoms with Crippen LogP contribution in [0.15, 0.2) is 18.5 Å². The molecule has 2 rings (SSSR count). The molecule has 5 nitrogen and oxygen atoms in total. The Hall–Kier alpha value is -1.46. The van der Waals surface area contributed by atoms with Crippen molar-refractivity contribution in [1.82, 2.24) is 4.98 Å². The van der Waals surface area contributed by atoms with Gasteiger partial charge in [0.25, 0.3) is 0 Å². The van der Waals surface area contributed by atoms with E-state index in [9.17, 15) is 4.79 Å². The zero-order chi connectivity index (χ0) is 9.97. The molecule has 14 heavy (non-hydrogen) atoms. The second kappa shape index (κ2) is 3.73. The Balaban J connectivity index is 2.35. The third-order valence-electron chi connectivity index (χ3n) is 1.96. The molecule has 0 bridgehead atoms. The van der Waals surface area contributed by atoms with Crippen molar-refractivity contribution < 1.29 is 19.4 Å². The predicted octanol–water partition coefficient (Wildman–Crippen LogP) is 0.825. The van der Waals surface area contributed by atoms with Crippen LogP contribution >= 0.6 is 0 Å². The Morgan fingerprint density at radius 3 is 2.86 bits per heavy atom. The minimum absolute atomic E-state index is 0.124. The first-order chi connectivity index (χ1) is 6.79. The zero-order valence-corrected chi connectivity index (χ0v) is 7.34. The molecule has 0 unspecified atom stereocenters. The van der Waals surface area contributed by atoms with Crippen molar-refractivity contribution in [3.05, 3.63) is 29.6 Å². The van der Waals surface area contributed by atoms with Crippen molar-refractivity contribution in [2.45, 2.75) is 6.29 Å². The van der Waals surface area contributed by atoms with Crippen molar-refractivity contribution in [2.24, 2.45) is 0 Å². The molecule has 0 spiro atoms. The summed E-state index contributed by atoms with van der Waals surface area (Å²) in [6.07, 6.45) is 2.25. The number of carboxylic acid groups (broad SMARTS) is 1. The largest absolute Gasteiger partial charge is 0.478 e. The van der Waals surface area contributed by atoms with E-state index in [1.807, 2.05) is 0 Å². The molecular formula is C9H9NO4. The van der Waals surface area contributed by atoms with E-state index < -0.39 is 12.3 Å². The maximum atomic E-state index is 10.8. The van der Waals surface area contributed by atoms with Crippen LogP contribution in [0.4, 0.5) is 0 Å². The van der Waals surface area contributed by atoms with Gasteiger partial charge >= 0.3 is 5.97 Å². The lowest BCUT2D eigenvalue weighted by Gasteiger charge is -2.10. The van der Waals surface area contributed by atoms with Gasteiger partial charge in [-0.15, -0.1) is 0 Å². The molecule has 2 heterocycles. The first kappa shape index (κ1) is 9.11. The number of nitrogens with zero attached hydrogens (tertiary/aromatic N) is 1. The Morgan fingerprint density at radius 1 is 1.50 bits per heavy atom. The van der Waals surface area contributed by atoms with Gasteiger partial charge in [0, 0.05) is 18.0 Å². The minimum Gasteiger partial charge on any atom is -0.478 e. The number of hydrogen-bond acceptors (Lipinski definition) is 4. The minimum atomic E-state index is -1.02. The number of hydrogen-bond donors (Lipinski definition) is 1. The molecule has 1 saturated heterocycles. The molecular weight excluding hydrogens is 186 g/mol. The number of rotatable bonds is 2. The Bertz CT molecular complexity index is 346. The van der Waals surface area contributed by atoms with Crippen LogP contribution < -0.4 is 0 Å². The summed E-state index contributed by atoms with van der Waals surface area (Å²) in [7, 11) is 0. The van der Waals surface area contributed by atoms with E-state index in [1.54, 1.807) is 6.07 Å². The predicted molar refractivity (Wildman–Crippen MR) is 45.8 cm³/mol. The molecule has 0 aromatic carbocycles. The molecule has 74 valence electrons. The molecule has 0 saturated carbocycles. The lowest BCUT2D eigenvalue weighted by atomic mass is 10.1. The highest BCUT2D eigenvalue weighted by Gasteiger charge is 2.23. The standard InChI is InChI=1S/C9H9NO4/c11-8(12)7-5-10-2-1-6(7)9-13-3-4-14-9/h1-2,5,9H,3-4H2,(H,11,12). The summed E-state index contributed by atoms with van der Waals surface area (Å²) < 4.78 is 10.4. The van der Waals surface area contributed by atoms with Crippen LogP contribution in [-0.4, -0.2) is 29.3 Å². The van der Waals surface area contributed by atoms with Gasteiger partial charge in [-0.1, -0.05) is 0 Å². The summed E-state index contributed by atoms with van der Waals surface area (Å²) in [5.41, 5.74) is 0.643. The molecule has 0 amide bonds. The van der Waals surface area contributed by atoms with Gasteiger partial charge in [-0.2, -0.15) is 0 Å². The van der Waals surface area contributed by atoms with E-state index in [2.05, 4.69) is 4.98 Å². The number of aromatic carboxylic acids is 1. The topological polar surface area (TPSA) is 68.7 Å². The Kier molecular flexibility index (Phi) is 2.43. The summed E-state index contributed by atoms with van der Waals surface area (Å²) in [4.78, 5) is 14.6. The normalized spacial score (nSPS) is 17.1. The summed E-state index contributed by atoms with van der Waals surface area (Å²) in [5.74, 6) is -1.02. The van der Waals surface area contributed by atoms with Gasteiger partial charge in [-0.05, 0) is 6.07 Å². The highest BCUT2D eigenvalue weighted by atomic mass is 16.7. The summed E-state index contributed by atoms with van der Waals surface area (Å²) in [6.45, 7) is 0.984. The third kappa shape index (κ3) is 1.59. The monoisotopic (exact) mass is 195 g/mol. The van der Waals surface area contributed by atoms with Crippen molar-refractivity contribution in [2.75, 3.05) is 13.2 Å². The van der Waals surface area contributed by atoms with Crippen molar-refractivity contribution in [1.29, 1.82) is 0 Å². The number of pyridine rings is 1. The van der Waals surface area contributed by atoms with Gasteiger partial charge in [0.05, 0.1) is 18.8 Å². The van der Waals surface area contributed by atoms with Gasteiger partial charge in [-0.25, -0.2) is 4.79 Å². The number of aromatic nitrogens is 1. The van der Waals surface area contributed by atoms with Crippen molar-refractivity contribution in [3.63, 3.8) is 0 Å². The number of ether oxygens (including phenoxy) is 2. The molecule has 5 heteroatoms. The van der Waals surface area contributed by atoms with E-state index in [1.165, 1.54) is 12.4 Å². The molecule has 1 fully saturated rings. The number of carboxylic acids is 1. The molecule has 1 aromatic rings. The maximum Gasteiger partial charge on any atom is 0.337 e. The van der Waals surface area contributed by atoms with E-state index in [0.29, 0.717) is 18.8 Å². The number of carbonyl (C=O) groups is 1. The molecule has 0 atom stereocenters. The smallest absolute Gasteiger partial charge is 0.337 e. The first-order valence-electron chi connectivity index (χ1n) is 4.19. The second-order valence-corrected chi connectivity index (χ2v) is 2.84. The molecule has 0 aliphatic carbocycles. The van der Waals surface area contributed by atoms with Crippen molar-refractivity contribution >= 4 is 5.97 Å². The van der Waals surface area contributed by atoms with Crippen LogP contribution in [0.1, 0.15) is 22.2 Å². The average molecular weight is 195 g/mol. The van der Waals surface area contributed by atoms with Gasteiger partial charge in [0.2, 0.25) is 0 Å². The summed E-state index contributed by atoms with van der Waals surface area (Å²) in [6, 6.07) is 1.60. The van der Waals surface area contributed by atoms with Gasteiger partial charge in [-0.3, -0.25) is 4.98 Å². The van der Waals surface area contributed by atoms with E-state index in [4.69, 9.17) is 14.6 Å². The quantitative estimate of drug-likeness (QED) is 0.756. The second-order valence-electron chi connectivity index (χ2n) is 2.84. The fourth-order valence-electron chi connectivity index (χ4n) is 1.33. The molecule has 1 aromatic heterocycles. The van der Waals surface area contributed by atoms with Gasteiger partial charge in [0.1, 0.15) is 0 Å². The van der Waals surface area contributed by atoms with Crippen LogP contribution in [0, 0.1) is 0 Å². The van der Waals surface area contributed by atoms with E-state index in [0.717, 1.165) is 0 Å². The Morgan fingerprint density at radius 2 is 2.21 bits per heavy atom. The molecule has 1 aliphatic rings. The third-order valence-corrected chi connectivity index (χ3v) is 1.96. The van der Waals surface area contributed by atoms with E-state index in [-0.39, 0.29) is 5.56 Å². The van der Waals surface area contributed by atoms with Crippen molar-refractivity contribution in [3.8, 4) is 0 Å². The van der Waals surface area contributed by atoms with Crippen LogP contribution in [-0.2, 0) is 9.47 Å². The van der Waals surface area contributed by atoms with Crippen LogP contribution in [0.3, 0.4) is 0 Å². The van der Waals surface area contributed by atoms with Gasteiger partial charge in [0.15, 0.2) is 6.29 Å². The van der Waals surface area contributed by atoms with Gasteiger partial charge < -0.3 is 14.6 Å². The van der Waals surface area contributed by atoms with Crippen LogP contribution in [0.25, 0.3) is 0 Å². The fourth-order valence-corrected chi connectivity index (χ4v) is 1.33. The van der Waals surface area contributed by atoms with Crippen LogP contribution in [0.5, 0.6) is 0 Å². The molecule has 1 N–H and O–H groups in total. The lowest BCUT2D eigenvalue weighted by molar-refractivity contribution is -0.0448. The van der Waals surface area contributed by atoms with Crippen LogP contribution in [0.2, 0.25) is 0 Å². The fraction of sp³-hybridized carbons (Fsp3) is 0.333. The highest BCUT2D eigenvalue weighted by molar-refractivity contribution is 5.89. The average Bonchev–Trinajstić information content (AvgIpc) is 2.70. The zero-order valence-electron chi connectivity index (χ0n) is 7.34. The maximum absolute atomic E-state index is 10.8. The summed E-state index contributed by atoms with van der Waals surface area (Å²) >= 11 is 0. The highest BCUT2D eigenvalue weighted by Crippen LogP contribution is 2.25. The summed E-state index contributed by atoms with van der Waals surface area (Å²) in [5, 5.41) is 8.87. The SMILES string of the molecule is O=C(O)c1cnccc1C1OCCO1.